The SMILES string of the molecule is COc1ccc(N2CCCCC2=O)cc1Cl. The maximum absolute atomic E-state index is 11.7. The zero-order valence-electron chi connectivity index (χ0n) is 9.20. The molecule has 0 atom stereocenters. The molecule has 0 bridgehead atoms. The number of hydrogen-bond donors (Lipinski definition) is 0. The second-order valence-corrected chi connectivity index (χ2v) is 4.23. The van der Waals surface area contributed by atoms with Crippen molar-refractivity contribution in [3.05, 3.63) is 23.2 Å². The van der Waals surface area contributed by atoms with E-state index in [0.29, 0.717) is 17.2 Å². The van der Waals surface area contributed by atoms with E-state index in [2.05, 4.69) is 0 Å². The number of nitrogens with zero attached hydrogens (tertiary/aromatic N) is 1. The quantitative estimate of drug-likeness (QED) is 0.794. The number of rotatable bonds is 2. The summed E-state index contributed by atoms with van der Waals surface area (Å²) in [5.41, 5.74) is 0.857. The summed E-state index contributed by atoms with van der Waals surface area (Å²) >= 11 is 6.03. The highest BCUT2D eigenvalue weighted by molar-refractivity contribution is 6.32. The minimum absolute atomic E-state index is 0.174. The summed E-state index contributed by atoms with van der Waals surface area (Å²) < 4.78 is 5.08. The largest absolute Gasteiger partial charge is 0.495 e. The standard InChI is InChI=1S/C12H14ClNO2/c1-16-11-6-5-9(8-10(11)13)14-7-3-2-4-12(14)15/h5-6,8H,2-4,7H2,1H3. The predicted molar refractivity (Wildman–Crippen MR) is 64.2 cm³/mol. The summed E-state index contributed by atoms with van der Waals surface area (Å²) in [6.07, 6.45) is 2.66. The molecule has 1 saturated heterocycles. The van der Waals surface area contributed by atoms with Gasteiger partial charge in [-0.3, -0.25) is 4.79 Å². The lowest BCUT2D eigenvalue weighted by molar-refractivity contribution is -0.119. The van der Waals surface area contributed by atoms with Crippen LogP contribution < -0.4 is 9.64 Å². The highest BCUT2D eigenvalue weighted by atomic mass is 35.5. The first-order valence-corrected chi connectivity index (χ1v) is 5.74. The van der Waals surface area contributed by atoms with Crippen LogP contribution in [0.3, 0.4) is 0 Å². The lowest BCUT2D eigenvalue weighted by Gasteiger charge is -2.27. The number of ether oxygens (including phenoxy) is 1. The van der Waals surface area contributed by atoms with Crippen LogP contribution >= 0.6 is 11.6 Å². The molecule has 0 radical (unpaired) electrons. The fraction of sp³-hybridized carbons (Fsp3) is 0.417. The van der Waals surface area contributed by atoms with Crippen LogP contribution in [0.5, 0.6) is 5.75 Å². The van der Waals surface area contributed by atoms with Crippen molar-refractivity contribution in [1.82, 2.24) is 0 Å². The number of amides is 1. The molecule has 1 amide bonds. The Hall–Kier alpha value is -1.22. The van der Waals surface area contributed by atoms with E-state index in [1.165, 1.54) is 0 Å². The number of halogens is 1. The Kier molecular flexibility index (Phi) is 3.34. The Morgan fingerprint density at radius 1 is 1.38 bits per heavy atom. The van der Waals surface area contributed by atoms with E-state index in [9.17, 15) is 4.79 Å². The van der Waals surface area contributed by atoms with Crippen LogP contribution in [0.4, 0.5) is 5.69 Å². The Labute approximate surface area is 100.0 Å². The van der Waals surface area contributed by atoms with E-state index in [0.717, 1.165) is 25.1 Å². The van der Waals surface area contributed by atoms with Gasteiger partial charge in [-0.15, -0.1) is 0 Å². The molecule has 0 unspecified atom stereocenters. The van der Waals surface area contributed by atoms with E-state index in [-0.39, 0.29) is 5.91 Å². The van der Waals surface area contributed by atoms with Crippen LogP contribution in [0.15, 0.2) is 18.2 Å². The summed E-state index contributed by atoms with van der Waals surface area (Å²) in [6, 6.07) is 5.44. The fourth-order valence-corrected chi connectivity index (χ4v) is 2.15. The van der Waals surface area contributed by atoms with Gasteiger partial charge in [0.2, 0.25) is 5.91 Å². The van der Waals surface area contributed by atoms with Gasteiger partial charge in [-0.1, -0.05) is 11.6 Å². The molecule has 1 aliphatic heterocycles. The van der Waals surface area contributed by atoms with Gasteiger partial charge >= 0.3 is 0 Å². The third-order valence-corrected chi connectivity index (χ3v) is 3.07. The Morgan fingerprint density at radius 2 is 2.19 bits per heavy atom. The minimum Gasteiger partial charge on any atom is -0.495 e. The van der Waals surface area contributed by atoms with E-state index < -0.39 is 0 Å². The molecular formula is C12H14ClNO2. The number of hydrogen-bond acceptors (Lipinski definition) is 2. The molecule has 1 fully saturated rings. The lowest BCUT2D eigenvalue weighted by atomic mass is 10.1. The molecule has 1 aliphatic rings. The second-order valence-electron chi connectivity index (χ2n) is 3.82. The molecule has 4 heteroatoms. The number of carbonyl (C=O) groups is 1. The molecule has 1 heterocycles. The number of anilines is 1. The van der Waals surface area contributed by atoms with Crippen molar-refractivity contribution in [2.75, 3.05) is 18.6 Å². The predicted octanol–water partition coefficient (Wildman–Crippen LogP) is 2.87. The van der Waals surface area contributed by atoms with Gasteiger partial charge in [-0.2, -0.15) is 0 Å². The van der Waals surface area contributed by atoms with E-state index in [1.54, 1.807) is 24.1 Å². The number of carbonyl (C=O) groups excluding carboxylic acids is 1. The van der Waals surface area contributed by atoms with Gasteiger partial charge in [-0.05, 0) is 31.0 Å². The monoisotopic (exact) mass is 239 g/mol. The van der Waals surface area contributed by atoms with Gasteiger partial charge < -0.3 is 9.64 Å². The normalized spacial score (nSPS) is 16.4. The van der Waals surface area contributed by atoms with Gasteiger partial charge in [-0.25, -0.2) is 0 Å². The lowest BCUT2D eigenvalue weighted by Crippen LogP contribution is -2.35. The average Bonchev–Trinajstić information content (AvgIpc) is 2.29. The van der Waals surface area contributed by atoms with Gasteiger partial charge in [0.1, 0.15) is 5.75 Å². The second kappa shape index (κ2) is 4.74. The third kappa shape index (κ3) is 2.14. The zero-order valence-corrected chi connectivity index (χ0v) is 9.96. The molecular weight excluding hydrogens is 226 g/mol. The summed E-state index contributed by atoms with van der Waals surface area (Å²) in [7, 11) is 1.58. The fourth-order valence-electron chi connectivity index (χ4n) is 1.90. The van der Waals surface area contributed by atoms with Gasteiger partial charge in [0, 0.05) is 18.7 Å². The maximum Gasteiger partial charge on any atom is 0.226 e. The van der Waals surface area contributed by atoms with Gasteiger partial charge in [0.05, 0.1) is 12.1 Å². The van der Waals surface area contributed by atoms with Crippen molar-refractivity contribution >= 4 is 23.2 Å². The molecule has 0 saturated carbocycles. The molecule has 3 nitrogen and oxygen atoms in total. The first-order valence-electron chi connectivity index (χ1n) is 5.36. The molecule has 2 rings (SSSR count). The Morgan fingerprint density at radius 3 is 2.81 bits per heavy atom. The molecule has 1 aromatic rings. The van der Waals surface area contributed by atoms with Crippen LogP contribution in [-0.2, 0) is 4.79 Å². The molecule has 0 aliphatic carbocycles. The summed E-state index contributed by atoms with van der Waals surface area (Å²) in [6.45, 7) is 0.779. The van der Waals surface area contributed by atoms with Crippen molar-refractivity contribution in [3.8, 4) is 5.75 Å². The number of piperidine rings is 1. The highest BCUT2D eigenvalue weighted by Gasteiger charge is 2.20. The molecule has 86 valence electrons. The Balaban J connectivity index is 2.26. The Bertz CT molecular complexity index is 406. The van der Waals surface area contributed by atoms with Crippen LogP contribution in [0.2, 0.25) is 5.02 Å². The van der Waals surface area contributed by atoms with Gasteiger partial charge in [0.15, 0.2) is 0 Å². The molecule has 0 spiro atoms. The van der Waals surface area contributed by atoms with Crippen LogP contribution in [0.1, 0.15) is 19.3 Å². The summed E-state index contributed by atoms with van der Waals surface area (Å²) in [4.78, 5) is 13.5. The van der Waals surface area contributed by atoms with E-state index in [1.807, 2.05) is 6.07 Å². The topological polar surface area (TPSA) is 29.5 Å². The van der Waals surface area contributed by atoms with Crippen LogP contribution in [0.25, 0.3) is 0 Å². The molecule has 1 aromatic carbocycles. The number of methoxy groups -OCH3 is 1. The van der Waals surface area contributed by atoms with E-state index in [4.69, 9.17) is 16.3 Å². The summed E-state index contributed by atoms with van der Waals surface area (Å²) in [5.74, 6) is 0.808. The van der Waals surface area contributed by atoms with E-state index >= 15 is 0 Å². The highest BCUT2D eigenvalue weighted by Crippen LogP contribution is 2.30. The van der Waals surface area contributed by atoms with Crippen LogP contribution in [-0.4, -0.2) is 19.6 Å². The maximum atomic E-state index is 11.7. The minimum atomic E-state index is 0.174. The van der Waals surface area contributed by atoms with Crippen LogP contribution in [0, 0.1) is 0 Å². The smallest absolute Gasteiger partial charge is 0.226 e. The van der Waals surface area contributed by atoms with Gasteiger partial charge in [0.25, 0.3) is 0 Å². The van der Waals surface area contributed by atoms with Crippen molar-refractivity contribution in [1.29, 1.82) is 0 Å². The van der Waals surface area contributed by atoms with Crippen molar-refractivity contribution in [3.63, 3.8) is 0 Å². The zero-order chi connectivity index (χ0) is 11.5. The molecule has 0 N–H and O–H groups in total. The first kappa shape index (κ1) is 11.3. The third-order valence-electron chi connectivity index (χ3n) is 2.77. The number of benzene rings is 1. The molecule has 16 heavy (non-hydrogen) atoms. The molecule has 0 aromatic heterocycles. The first-order chi connectivity index (χ1) is 7.72. The van der Waals surface area contributed by atoms with Crippen molar-refractivity contribution in [2.24, 2.45) is 0 Å². The average molecular weight is 240 g/mol. The summed E-state index contributed by atoms with van der Waals surface area (Å²) in [5, 5.41) is 0.540. The van der Waals surface area contributed by atoms with Crippen molar-refractivity contribution in [2.45, 2.75) is 19.3 Å². The van der Waals surface area contributed by atoms with Crippen molar-refractivity contribution < 1.29 is 9.53 Å².